The van der Waals surface area contributed by atoms with E-state index >= 15 is 0 Å². The molecule has 0 amide bonds. The van der Waals surface area contributed by atoms with Crippen LogP contribution in [0.3, 0.4) is 0 Å². The van der Waals surface area contributed by atoms with Crippen molar-refractivity contribution in [2.45, 2.75) is 152 Å². The molecule has 0 aromatic heterocycles. The Morgan fingerprint density at radius 1 is 0.310 bits per heavy atom. The highest BCUT2D eigenvalue weighted by Gasteiger charge is 2.54. The van der Waals surface area contributed by atoms with E-state index in [4.69, 9.17) is 20.4 Å². The largest absolute Gasteiger partial charge is 0.478 e. The molecule has 5 saturated heterocycles. The van der Waals surface area contributed by atoms with Gasteiger partial charge in [-0.25, -0.2) is 19.2 Å². The minimum Gasteiger partial charge on any atom is -0.478 e. The van der Waals surface area contributed by atoms with Crippen molar-refractivity contribution in [2.24, 2.45) is 47.3 Å². The molecule has 4 saturated carbocycles. The summed E-state index contributed by atoms with van der Waals surface area (Å²) in [6, 6.07) is 1.02. The Balaban J connectivity index is 0.000000206. The minimum absolute atomic E-state index is 0.420. The molecular weight excluding hydrogens is 745 g/mol. The van der Waals surface area contributed by atoms with Crippen LogP contribution in [0.5, 0.6) is 0 Å². The van der Waals surface area contributed by atoms with E-state index in [0.717, 1.165) is 47.3 Å². The molecular formula is C42H62N8O8. The Kier molecular flexibility index (Phi) is 11.6. The summed E-state index contributed by atoms with van der Waals surface area (Å²) in [7, 11) is 0. The van der Waals surface area contributed by atoms with Crippen molar-refractivity contribution >= 4 is 23.9 Å². The van der Waals surface area contributed by atoms with Gasteiger partial charge in [0.2, 0.25) is 0 Å². The van der Waals surface area contributed by atoms with Crippen molar-refractivity contribution < 1.29 is 39.6 Å². The molecule has 0 radical (unpaired) electrons. The minimum atomic E-state index is -1.66. The average Bonchev–Trinajstić information content (AvgIpc) is 3.96. The first kappa shape index (κ1) is 40.2. The monoisotopic (exact) mass is 806 g/mol. The second-order valence-corrected chi connectivity index (χ2v) is 18.8. The highest BCUT2D eigenvalue weighted by Crippen LogP contribution is 2.45. The molecule has 8 unspecified atom stereocenters. The molecule has 1 aromatic rings. The Bertz CT molecular complexity index is 1440. The van der Waals surface area contributed by atoms with Gasteiger partial charge in [-0.05, 0) is 111 Å². The fourth-order valence-corrected chi connectivity index (χ4v) is 13.3. The van der Waals surface area contributed by atoms with Gasteiger partial charge in [-0.2, -0.15) is 0 Å². The molecule has 16 heteroatoms. The smallest absolute Gasteiger partial charge is 0.336 e. The van der Waals surface area contributed by atoms with Crippen LogP contribution in [0.2, 0.25) is 0 Å². The predicted octanol–water partition coefficient (Wildman–Crippen LogP) is 3.09. The van der Waals surface area contributed by atoms with Crippen LogP contribution in [0.25, 0.3) is 0 Å². The topological polar surface area (TPSA) is 245 Å². The Morgan fingerprint density at radius 2 is 0.448 bits per heavy atom. The molecule has 16 nitrogen and oxygen atoms in total. The van der Waals surface area contributed by atoms with Crippen LogP contribution in [-0.4, -0.2) is 93.6 Å². The maximum atomic E-state index is 10.8. The van der Waals surface area contributed by atoms with Gasteiger partial charge in [-0.3, -0.25) is 42.5 Å². The maximum absolute atomic E-state index is 10.8. The fraction of sp³-hybridized carbons (Fsp3) is 0.762. The lowest BCUT2D eigenvalue weighted by Gasteiger charge is -2.35. The van der Waals surface area contributed by atoms with Gasteiger partial charge >= 0.3 is 23.9 Å². The van der Waals surface area contributed by atoms with E-state index in [1.807, 2.05) is 0 Å². The molecule has 318 valence electrons. The molecule has 0 spiro atoms. The van der Waals surface area contributed by atoms with E-state index in [-0.39, 0.29) is 0 Å². The molecule has 10 rings (SSSR count). The van der Waals surface area contributed by atoms with Gasteiger partial charge < -0.3 is 20.4 Å². The van der Waals surface area contributed by atoms with E-state index in [9.17, 15) is 19.2 Å². The van der Waals surface area contributed by atoms with Gasteiger partial charge in [0.05, 0.1) is 71.6 Å². The van der Waals surface area contributed by atoms with E-state index in [1.54, 1.807) is 0 Å². The first-order chi connectivity index (χ1) is 28.0. The molecule has 8 bridgehead atoms. The van der Waals surface area contributed by atoms with Gasteiger partial charge in [-0.1, -0.05) is 51.4 Å². The number of benzene rings is 1. The van der Waals surface area contributed by atoms with Crippen LogP contribution in [-0.2, 0) is 0 Å². The van der Waals surface area contributed by atoms with Crippen LogP contribution in [0.15, 0.2) is 12.1 Å². The molecule has 12 N–H and O–H groups in total. The van der Waals surface area contributed by atoms with Crippen LogP contribution in [0, 0.1) is 47.3 Å². The summed E-state index contributed by atoms with van der Waals surface area (Å²) in [6.07, 6.45) is 25.6. The van der Waals surface area contributed by atoms with Crippen molar-refractivity contribution in [3.05, 3.63) is 34.4 Å². The zero-order valence-electron chi connectivity index (χ0n) is 33.1. The first-order valence-corrected chi connectivity index (χ1v) is 22.3. The second kappa shape index (κ2) is 16.7. The fourth-order valence-electron chi connectivity index (χ4n) is 13.3. The quantitative estimate of drug-likeness (QED) is 0.209. The first-order valence-electron chi connectivity index (χ1n) is 22.3. The number of hydrogen-bond donors (Lipinski definition) is 12. The molecule has 58 heavy (non-hydrogen) atoms. The molecule has 5 aliphatic heterocycles. The number of rotatable bonds is 4. The summed E-state index contributed by atoms with van der Waals surface area (Å²) >= 11 is 0. The van der Waals surface area contributed by atoms with Gasteiger partial charge in [0.15, 0.2) is 0 Å². The zero-order valence-corrected chi connectivity index (χ0v) is 33.1. The van der Waals surface area contributed by atoms with Crippen molar-refractivity contribution in [3.63, 3.8) is 0 Å². The van der Waals surface area contributed by atoms with Crippen LogP contribution in [0.4, 0.5) is 0 Å². The Hall–Kier alpha value is -3.22. The lowest BCUT2D eigenvalue weighted by molar-refractivity contribution is 0.0637. The number of carboxylic acids is 4. The van der Waals surface area contributed by atoms with Crippen molar-refractivity contribution in [2.75, 3.05) is 0 Å². The summed E-state index contributed by atoms with van der Waals surface area (Å²) in [4.78, 5) is 43.1. The van der Waals surface area contributed by atoms with E-state index in [2.05, 4.69) is 42.5 Å². The van der Waals surface area contributed by atoms with E-state index < -0.39 is 46.1 Å². The Labute approximate surface area is 339 Å². The summed E-state index contributed by atoms with van der Waals surface area (Å²) in [6.45, 7) is 0. The zero-order chi connectivity index (χ0) is 40.2. The second-order valence-electron chi connectivity index (χ2n) is 18.8. The molecule has 5 heterocycles. The van der Waals surface area contributed by atoms with E-state index in [0.29, 0.717) is 61.5 Å². The van der Waals surface area contributed by atoms with Gasteiger partial charge in [0, 0.05) is 0 Å². The third-order valence-corrected chi connectivity index (χ3v) is 15.9. The predicted molar refractivity (Wildman–Crippen MR) is 211 cm³/mol. The van der Waals surface area contributed by atoms with Crippen LogP contribution < -0.4 is 42.5 Å². The number of fused-ring (bicyclic) bond motifs is 20. The number of hydrogen-bond acceptors (Lipinski definition) is 12. The summed E-state index contributed by atoms with van der Waals surface area (Å²) in [5.74, 6) is -0.671. The average molecular weight is 807 g/mol. The number of carboxylic acid groups (broad SMARTS) is 4. The highest BCUT2D eigenvalue weighted by molar-refractivity contribution is 6.09. The van der Waals surface area contributed by atoms with Gasteiger partial charge in [-0.15, -0.1) is 0 Å². The Morgan fingerprint density at radius 3 is 0.569 bits per heavy atom. The number of nitrogens with one attached hydrogen (secondary N) is 8. The standard InChI is InChI=1S/C32H56N8.C10H6O8/c1-2-10-18-17(9-1)25-33-26(18)38-28-21-13-5-6-14-22(21)30(35-28)40-32-24-16-8-7-15-23(24)31(36-32)39-29-20-12-4-3-11-19(20)27(34-29)37-25;11-7(12)3-1-4(8(13)14)6(10(17)18)2-5(3)9(15)16/h17-40H,1-16H2;1-2H,(H,11,12)(H,13,14)(H,15,16)(H,17,18). The van der Waals surface area contributed by atoms with Crippen molar-refractivity contribution in [1.82, 2.24) is 42.5 Å². The molecule has 1 aromatic carbocycles. The maximum Gasteiger partial charge on any atom is 0.336 e. The van der Waals surface area contributed by atoms with Crippen LogP contribution >= 0.6 is 0 Å². The summed E-state index contributed by atoms with van der Waals surface area (Å²) in [5, 5.41) is 68.8. The van der Waals surface area contributed by atoms with E-state index in [1.165, 1.54) is 103 Å². The lowest BCUT2D eigenvalue weighted by Crippen LogP contribution is -2.61. The number of aromatic carboxylic acids is 4. The molecule has 9 aliphatic rings. The van der Waals surface area contributed by atoms with Gasteiger partial charge in [0.1, 0.15) is 0 Å². The molecule has 4 aliphatic carbocycles. The summed E-state index contributed by atoms with van der Waals surface area (Å²) < 4.78 is 0. The molecule has 9 fully saturated rings. The summed E-state index contributed by atoms with van der Waals surface area (Å²) in [5.41, 5.74) is -3.15. The SMILES string of the molecule is C1CCC2C3NC(NC4NC(NC5NC(NC6NC(N3)C3CCCCC63)C3CCCCC53)C3CCCCC43)C2C1.O=C(O)c1cc(C(=O)O)c(C(=O)O)cc1C(=O)O. The van der Waals surface area contributed by atoms with Gasteiger partial charge in [0.25, 0.3) is 0 Å². The van der Waals surface area contributed by atoms with Crippen molar-refractivity contribution in [3.8, 4) is 0 Å². The lowest BCUT2D eigenvalue weighted by atomic mass is 9.76. The van der Waals surface area contributed by atoms with Crippen molar-refractivity contribution in [1.29, 1.82) is 0 Å². The normalized spacial score (nSPS) is 42.8. The number of carbonyl (C=O) groups is 4. The third kappa shape index (κ3) is 7.56. The van der Waals surface area contributed by atoms with Crippen LogP contribution in [0.1, 0.15) is 144 Å². The third-order valence-electron chi connectivity index (χ3n) is 15.9. The molecule has 8 atom stereocenters. The highest BCUT2D eigenvalue weighted by atomic mass is 16.4.